The van der Waals surface area contributed by atoms with Gasteiger partial charge in [0.05, 0.1) is 15.1 Å². The molecule has 1 heterocycles. The predicted octanol–water partition coefficient (Wildman–Crippen LogP) is 7.49. The van der Waals surface area contributed by atoms with Crippen molar-refractivity contribution < 1.29 is 9.53 Å². The van der Waals surface area contributed by atoms with Crippen molar-refractivity contribution in [1.29, 1.82) is 0 Å². The molecule has 4 nitrogen and oxygen atoms in total. The van der Waals surface area contributed by atoms with Gasteiger partial charge in [0.25, 0.3) is 5.91 Å². The summed E-state index contributed by atoms with van der Waals surface area (Å²) in [4.78, 5) is 17.5. The van der Waals surface area contributed by atoms with Crippen molar-refractivity contribution in [3.63, 3.8) is 0 Å². The van der Waals surface area contributed by atoms with Crippen molar-refractivity contribution in [1.82, 2.24) is 5.32 Å². The van der Waals surface area contributed by atoms with Crippen LogP contribution in [-0.2, 0) is 11.4 Å². The van der Waals surface area contributed by atoms with Crippen LogP contribution in [0.5, 0.6) is 5.75 Å². The van der Waals surface area contributed by atoms with Gasteiger partial charge < -0.3 is 10.1 Å². The lowest BCUT2D eigenvalue weighted by Gasteiger charge is -2.09. The highest BCUT2D eigenvalue weighted by molar-refractivity contribution is 14.1. The van der Waals surface area contributed by atoms with Gasteiger partial charge in [-0.25, -0.2) is 4.99 Å². The van der Waals surface area contributed by atoms with Crippen LogP contribution in [-0.4, -0.2) is 11.1 Å². The zero-order valence-corrected chi connectivity index (χ0v) is 22.2. The molecule has 0 atom stereocenters. The second-order valence-corrected chi connectivity index (χ2v) is 10.5. The molecule has 0 unspecified atom stereocenters. The summed E-state index contributed by atoms with van der Waals surface area (Å²) >= 11 is 13.3. The highest BCUT2D eigenvalue weighted by Crippen LogP contribution is 2.33. The van der Waals surface area contributed by atoms with Crippen LogP contribution in [0.3, 0.4) is 0 Å². The van der Waals surface area contributed by atoms with Crippen molar-refractivity contribution in [3.8, 4) is 5.75 Å². The molecule has 1 amide bonds. The second kappa shape index (κ2) is 10.4. The molecule has 3 aromatic carbocycles. The lowest BCUT2D eigenvalue weighted by atomic mass is 10.2. The lowest BCUT2D eigenvalue weighted by molar-refractivity contribution is -0.115. The summed E-state index contributed by atoms with van der Waals surface area (Å²) < 4.78 is 7.94. The number of aliphatic imine (C=N–C) groups is 1. The van der Waals surface area contributed by atoms with Crippen LogP contribution in [0, 0.1) is 10.5 Å². The van der Waals surface area contributed by atoms with Gasteiger partial charge in [0.2, 0.25) is 0 Å². The topological polar surface area (TPSA) is 50.7 Å². The van der Waals surface area contributed by atoms with Crippen molar-refractivity contribution in [3.05, 3.63) is 95.3 Å². The fourth-order valence-electron chi connectivity index (χ4n) is 2.92. The van der Waals surface area contributed by atoms with Crippen molar-refractivity contribution in [2.45, 2.75) is 13.5 Å². The third-order valence-electron chi connectivity index (χ3n) is 4.67. The summed E-state index contributed by atoms with van der Waals surface area (Å²) in [6, 6.07) is 19.5. The summed E-state index contributed by atoms with van der Waals surface area (Å²) in [5.41, 5.74) is 3.60. The number of carbonyl (C=O) groups excluding carboxylic acids is 1. The van der Waals surface area contributed by atoms with E-state index >= 15 is 0 Å². The summed E-state index contributed by atoms with van der Waals surface area (Å²) in [7, 11) is 0. The van der Waals surface area contributed by atoms with Crippen LogP contribution >= 0.6 is 61.9 Å². The second-order valence-electron chi connectivity index (χ2n) is 6.97. The maximum Gasteiger partial charge on any atom is 0.264 e. The Morgan fingerprint density at radius 2 is 1.97 bits per heavy atom. The fraction of sp³-hybridized carbons (Fsp3) is 0.0833. The zero-order chi connectivity index (χ0) is 22.7. The highest BCUT2D eigenvalue weighted by Gasteiger charge is 2.24. The largest absolute Gasteiger partial charge is 0.488 e. The minimum absolute atomic E-state index is 0.177. The van der Waals surface area contributed by atoms with E-state index in [2.05, 4.69) is 73.1 Å². The smallest absolute Gasteiger partial charge is 0.264 e. The van der Waals surface area contributed by atoms with E-state index in [1.165, 1.54) is 15.3 Å². The Morgan fingerprint density at radius 1 is 1.19 bits per heavy atom. The molecule has 0 aliphatic carbocycles. The number of amidine groups is 1. The molecule has 1 aliphatic rings. The number of carbonyl (C=O) groups is 1. The van der Waals surface area contributed by atoms with E-state index in [9.17, 15) is 4.79 Å². The van der Waals surface area contributed by atoms with E-state index in [-0.39, 0.29) is 5.91 Å². The maximum atomic E-state index is 12.4. The maximum absolute atomic E-state index is 12.4. The SMILES string of the molecule is Cc1c(Cl)cccc1N=C1NC(=O)/C(=C\c2ccc(OCc3ccc(I)cc3)c(Br)c2)S1. The van der Waals surface area contributed by atoms with E-state index < -0.39 is 0 Å². The molecule has 0 bridgehead atoms. The van der Waals surface area contributed by atoms with Crippen LogP contribution in [0.25, 0.3) is 6.08 Å². The number of rotatable bonds is 5. The average Bonchev–Trinajstić information content (AvgIpc) is 3.10. The molecule has 1 fully saturated rings. The molecular formula is C24H17BrClIN2O2S. The number of nitrogens with one attached hydrogen (secondary N) is 1. The van der Waals surface area contributed by atoms with E-state index in [0.717, 1.165) is 32.6 Å². The Kier molecular flexibility index (Phi) is 7.60. The normalized spacial score (nSPS) is 15.9. The van der Waals surface area contributed by atoms with Crippen molar-refractivity contribution >= 4 is 84.7 Å². The van der Waals surface area contributed by atoms with E-state index in [1.54, 1.807) is 0 Å². The highest BCUT2D eigenvalue weighted by atomic mass is 127. The van der Waals surface area contributed by atoms with E-state index in [0.29, 0.717) is 21.7 Å². The minimum atomic E-state index is -0.177. The summed E-state index contributed by atoms with van der Waals surface area (Å²) in [5.74, 6) is 0.566. The molecule has 1 saturated heterocycles. The van der Waals surface area contributed by atoms with Crippen LogP contribution in [0.2, 0.25) is 5.02 Å². The van der Waals surface area contributed by atoms with Gasteiger partial charge in [-0.3, -0.25) is 4.79 Å². The Bertz CT molecular complexity index is 1250. The molecule has 0 radical (unpaired) electrons. The number of benzene rings is 3. The van der Waals surface area contributed by atoms with Gasteiger partial charge in [0, 0.05) is 8.59 Å². The molecule has 32 heavy (non-hydrogen) atoms. The predicted molar refractivity (Wildman–Crippen MR) is 145 cm³/mol. The first-order chi connectivity index (χ1) is 15.4. The van der Waals surface area contributed by atoms with Gasteiger partial charge >= 0.3 is 0 Å². The first-order valence-corrected chi connectivity index (χ1v) is 12.7. The van der Waals surface area contributed by atoms with Crippen LogP contribution < -0.4 is 10.1 Å². The van der Waals surface area contributed by atoms with Crippen molar-refractivity contribution in [2.24, 2.45) is 4.99 Å². The third-order valence-corrected chi connectivity index (χ3v) is 7.33. The molecule has 4 rings (SSSR count). The number of amides is 1. The molecule has 0 aromatic heterocycles. The number of hydrogen-bond donors (Lipinski definition) is 1. The number of thioether (sulfide) groups is 1. The molecule has 162 valence electrons. The minimum Gasteiger partial charge on any atom is -0.488 e. The number of hydrogen-bond acceptors (Lipinski definition) is 4. The summed E-state index contributed by atoms with van der Waals surface area (Å²) in [6.45, 7) is 2.39. The third kappa shape index (κ3) is 5.75. The van der Waals surface area contributed by atoms with Gasteiger partial charge in [-0.05, 0) is 116 Å². The fourth-order valence-corrected chi connectivity index (χ4v) is 4.80. The first kappa shape index (κ1) is 23.4. The molecule has 0 saturated carbocycles. The van der Waals surface area contributed by atoms with E-state index in [1.807, 2.05) is 49.4 Å². The first-order valence-electron chi connectivity index (χ1n) is 9.60. The quantitative estimate of drug-likeness (QED) is 0.233. The van der Waals surface area contributed by atoms with Crippen LogP contribution in [0.15, 0.2) is 75.0 Å². The van der Waals surface area contributed by atoms with Gasteiger partial charge in [-0.2, -0.15) is 0 Å². The Balaban J connectivity index is 1.47. The van der Waals surface area contributed by atoms with Gasteiger partial charge in [-0.15, -0.1) is 0 Å². The lowest BCUT2D eigenvalue weighted by Crippen LogP contribution is -2.19. The number of ether oxygens (including phenoxy) is 1. The van der Waals surface area contributed by atoms with Gasteiger partial charge in [0.1, 0.15) is 12.4 Å². The van der Waals surface area contributed by atoms with Gasteiger partial charge in [0.15, 0.2) is 5.17 Å². The van der Waals surface area contributed by atoms with Crippen molar-refractivity contribution in [2.75, 3.05) is 0 Å². The Hall–Kier alpha value is -1.81. The molecule has 0 spiro atoms. The van der Waals surface area contributed by atoms with E-state index in [4.69, 9.17) is 16.3 Å². The molecular weight excluding hydrogens is 623 g/mol. The number of halogens is 3. The number of nitrogens with zero attached hydrogens (tertiary/aromatic N) is 1. The summed E-state index contributed by atoms with van der Waals surface area (Å²) in [6.07, 6.45) is 1.83. The summed E-state index contributed by atoms with van der Waals surface area (Å²) in [5, 5.41) is 3.99. The average molecular weight is 640 g/mol. The molecule has 8 heteroatoms. The Morgan fingerprint density at radius 3 is 2.72 bits per heavy atom. The zero-order valence-electron chi connectivity index (χ0n) is 16.9. The Labute approximate surface area is 217 Å². The van der Waals surface area contributed by atoms with Gasteiger partial charge in [-0.1, -0.05) is 35.9 Å². The standard InChI is InChI=1S/C24H17BrClIN2O2S/c1-14-19(26)3-2-4-20(14)28-24-29-23(30)22(32-24)12-16-7-10-21(18(25)11-16)31-13-15-5-8-17(27)9-6-15/h2-12H,13H2,1H3,(H,28,29,30)/b22-12+. The van der Waals surface area contributed by atoms with Crippen LogP contribution in [0.1, 0.15) is 16.7 Å². The molecule has 3 aromatic rings. The molecule has 1 N–H and O–H groups in total. The molecule has 1 aliphatic heterocycles. The van der Waals surface area contributed by atoms with Crippen LogP contribution in [0.4, 0.5) is 5.69 Å². The monoisotopic (exact) mass is 638 g/mol.